The van der Waals surface area contributed by atoms with Gasteiger partial charge in [0.1, 0.15) is 11.9 Å². The fraction of sp³-hybridized carbons (Fsp3) is 0.400. The highest BCUT2D eigenvalue weighted by Gasteiger charge is 2.18. The van der Waals surface area contributed by atoms with Crippen molar-refractivity contribution in [1.82, 2.24) is 0 Å². The van der Waals surface area contributed by atoms with Gasteiger partial charge in [-0.3, -0.25) is 0 Å². The molecule has 12 heavy (non-hydrogen) atoms. The van der Waals surface area contributed by atoms with Crippen molar-refractivity contribution in [2.45, 2.75) is 24.8 Å². The Labute approximate surface area is 80.9 Å². The molecule has 0 saturated heterocycles. The lowest BCUT2D eigenvalue weighted by atomic mass is 10.1. The van der Waals surface area contributed by atoms with Gasteiger partial charge in [0, 0.05) is 11.8 Å². The number of alkyl halides is 1. The monoisotopic (exact) mass is 226 g/mol. The normalized spacial score (nSPS) is 20.3. The van der Waals surface area contributed by atoms with Gasteiger partial charge in [0.25, 0.3) is 0 Å². The fourth-order valence-electron chi connectivity index (χ4n) is 1.56. The lowest BCUT2D eigenvalue weighted by Gasteiger charge is -2.01. The molecule has 64 valence electrons. The summed E-state index contributed by atoms with van der Waals surface area (Å²) in [5.41, 5.74) is 2.67. The van der Waals surface area contributed by atoms with E-state index in [9.17, 15) is 0 Å². The Kier molecular flexibility index (Phi) is 2.09. The topological polar surface area (TPSA) is 9.23 Å². The molecule has 0 bridgehead atoms. The lowest BCUT2D eigenvalue weighted by Crippen LogP contribution is -2.05. The van der Waals surface area contributed by atoms with Crippen molar-refractivity contribution in [2.75, 3.05) is 0 Å². The second-order valence-corrected chi connectivity index (χ2v) is 3.77. The van der Waals surface area contributed by atoms with Crippen molar-refractivity contribution in [3.63, 3.8) is 0 Å². The Bertz CT molecular complexity index is 296. The van der Waals surface area contributed by atoms with Gasteiger partial charge in [-0.05, 0) is 24.1 Å². The van der Waals surface area contributed by atoms with Crippen LogP contribution in [0, 0.1) is 0 Å². The molecule has 1 atom stereocenters. The molecule has 0 N–H and O–H groups in total. The van der Waals surface area contributed by atoms with Crippen LogP contribution >= 0.6 is 15.9 Å². The van der Waals surface area contributed by atoms with Gasteiger partial charge in [-0.1, -0.05) is 28.1 Å². The van der Waals surface area contributed by atoms with E-state index < -0.39 is 0 Å². The van der Waals surface area contributed by atoms with E-state index in [1.54, 1.807) is 0 Å². The number of fused-ring (bicyclic) bond motifs is 1. The Morgan fingerprint density at radius 1 is 1.58 bits per heavy atom. The average Bonchev–Trinajstić information content (AvgIpc) is 2.43. The number of hydrogen-bond acceptors (Lipinski definition) is 1. The summed E-state index contributed by atoms with van der Waals surface area (Å²) < 4.78 is 5.59. The summed E-state index contributed by atoms with van der Waals surface area (Å²) in [7, 11) is 0. The minimum absolute atomic E-state index is 0.352. The van der Waals surface area contributed by atoms with Gasteiger partial charge in [0.15, 0.2) is 0 Å². The first-order valence-electron chi connectivity index (χ1n) is 4.14. The smallest absolute Gasteiger partial charge is 0.123 e. The van der Waals surface area contributed by atoms with Gasteiger partial charge in [0.2, 0.25) is 0 Å². The van der Waals surface area contributed by atoms with E-state index in [-0.39, 0.29) is 0 Å². The second kappa shape index (κ2) is 3.09. The SMILES string of the molecule is CC1Cc2cc(CBr)ccc2O1. The Morgan fingerprint density at radius 2 is 2.42 bits per heavy atom. The van der Waals surface area contributed by atoms with Crippen molar-refractivity contribution in [1.29, 1.82) is 0 Å². The van der Waals surface area contributed by atoms with Crippen LogP contribution in [0.2, 0.25) is 0 Å². The molecule has 1 aliphatic heterocycles. The first-order chi connectivity index (χ1) is 5.79. The van der Waals surface area contributed by atoms with Crippen LogP contribution in [-0.4, -0.2) is 6.10 Å². The molecular weight excluding hydrogens is 216 g/mol. The number of benzene rings is 1. The van der Waals surface area contributed by atoms with E-state index in [1.807, 2.05) is 0 Å². The molecule has 0 saturated carbocycles. The van der Waals surface area contributed by atoms with Crippen molar-refractivity contribution in [3.8, 4) is 5.75 Å². The predicted octanol–water partition coefficient (Wildman–Crippen LogP) is 2.90. The van der Waals surface area contributed by atoms with Crippen LogP contribution in [0.4, 0.5) is 0 Å². The number of hydrogen-bond donors (Lipinski definition) is 0. The molecule has 1 nitrogen and oxygen atoms in total. The quantitative estimate of drug-likeness (QED) is 0.670. The van der Waals surface area contributed by atoms with Gasteiger partial charge in [-0.15, -0.1) is 0 Å². The Balaban J connectivity index is 2.35. The number of rotatable bonds is 1. The molecule has 0 radical (unpaired) electrons. The molecule has 2 rings (SSSR count). The van der Waals surface area contributed by atoms with Gasteiger partial charge in [-0.25, -0.2) is 0 Å². The zero-order valence-corrected chi connectivity index (χ0v) is 8.60. The molecule has 2 heteroatoms. The van der Waals surface area contributed by atoms with E-state index in [4.69, 9.17) is 4.74 Å². The number of ether oxygens (including phenoxy) is 1. The molecule has 1 heterocycles. The first kappa shape index (κ1) is 8.11. The second-order valence-electron chi connectivity index (χ2n) is 3.21. The minimum Gasteiger partial charge on any atom is -0.490 e. The molecule has 1 unspecified atom stereocenters. The van der Waals surface area contributed by atoms with E-state index in [0.717, 1.165) is 17.5 Å². The van der Waals surface area contributed by atoms with Gasteiger partial charge >= 0.3 is 0 Å². The summed E-state index contributed by atoms with van der Waals surface area (Å²) in [6.45, 7) is 2.10. The predicted molar refractivity (Wildman–Crippen MR) is 52.9 cm³/mol. The summed E-state index contributed by atoms with van der Waals surface area (Å²) in [5, 5.41) is 0.925. The lowest BCUT2D eigenvalue weighted by molar-refractivity contribution is 0.254. The third kappa shape index (κ3) is 1.36. The van der Waals surface area contributed by atoms with Crippen LogP contribution in [0.25, 0.3) is 0 Å². The van der Waals surface area contributed by atoms with Crippen molar-refractivity contribution in [2.24, 2.45) is 0 Å². The third-order valence-corrected chi connectivity index (χ3v) is 2.76. The number of halogens is 1. The highest BCUT2D eigenvalue weighted by atomic mass is 79.9. The molecule has 1 aromatic rings. The van der Waals surface area contributed by atoms with Crippen molar-refractivity contribution >= 4 is 15.9 Å². The molecule has 0 amide bonds. The molecule has 1 aromatic carbocycles. The van der Waals surface area contributed by atoms with E-state index in [2.05, 4.69) is 41.1 Å². The van der Waals surface area contributed by atoms with Gasteiger partial charge in [-0.2, -0.15) is 0 Å². The summed E-state index contributed by atoms with van der Waals surface area (Å²) in [6.07, 6.45) is 1.40. The van der Waals surface area contributed by atoms with E-state index in [1.165, 1.54) is 11.1 Å². The van der Waals surface area contributed by atoms with Crippen LogP contribution in [0.3, 0.4) is 0 Å². The standard InChI is InChI=1S/C10H11BrO/c1-7-4-9-5-8(6-11)2-3-10(9)12-7/h2-3,5,7H,4,6H2,1H3. The Hall–Kier alpha value is -0.500. The summed E-state index contributed by atoms with van der Waals surface area (Å²) >= 11 is 3.44. The summed E-state index contributed by atoms with van der Waals surface area (Å²) in [5.74, 6) is 1.06. The molecule has 1 aliphatic rings. The summed E-state index contributed by atoms with van der Waals surface area (Å²) in [4.78, 5) is 0. The molecular formula is C10H11BrO. The molecule has 0 aromatic heterocycles. The van der Waals surface area contributed by atoms with Crippen LogP contribution in [-0.2, 0) is 11.8 Å². The van der Waals surface area contributed by atoms with Crippen molar-refractivity contribution in [3.05, 3.63) is 29.3 Å². The Morgan fingerprint density at radius 3 is 3.17 bits per heavy atom. The maximum Gasteiger partial charge on any atom is 0.123 e. The maximum atomic E-state index is 5.59. The van der Waals surface area contributed by atoms with Crippen LogP contribution in [0.5, 0.6) is 5.75 Å². The summed E-state index contributed by atoms with van der Waals surface area (Å²) in [6, 6.07) is 6.38. The van der Waals surface area contributed by atoms with Gasteiger partial charge < -0.3 is 4.74 Å². The van der Waals surface area contributed by atoms with Crippen LogP contribution in [0.15, 0.2) is 18.2 Å². The highest BCUT2D eigenvalue weighted by Crippen LogP contribution is 2.29. The van der Waals surface area contributed by atoms with E-state index >= 15 is 0 Å². The molecule has 0 spiro atoms. The molecule has 0 aliphatic carbocycles. The van der Waals surface area contributed by atoms with Crippen LogP contribution < -0.4 is 4.74 Å². The molecule has 0 fully saturated rings. The zero-order chi connectivity index (χ0) is 8.55. The van der Waals surface area contributed by atoms with Crippen LogP contribution in [0.1, 0.15) is 18.1 Å². The third-order valence-electron chi connectivity index (χ3n) is 2.11. The average molecular weight is 227 g/mol. The largest absolute Gasteiger partial charge is 0.490 e. The minimum atomic E-state index is 0.352. The zero-order valence-electron chi connectivity index (χ0n) is 7.01. The fourth-order valence-corrected chi connectivity index (χ4v) is 1.91. The maximum absolute atomic E-state index is 5.59. The van der Waals surface area contributed by atoms with E-state index in [0.29, 0.717) is 6.10 Å². The highest BCUT2D eigenvalue weighted by molar-refractivity contribution is 9.08. The van der Waals surface area contributed by atoms with Gasteiger partial charge in [0.05, 0.1) is 0 Å². The van der Waals surface area contributed by atoms with Crippen molar-refractivity contribution < 1.29 is 4.74 Å². The first-order valence-corrected chi connectivity index (χ1v) is 5.26.